The summed E-state index contributed by atoms with van der Waals surface area (Å²) in [6.07, 6.45) is 4.58. The Morgan fingerprint density at radius 2 is 0.738 bits per heavy atom. The first kappa shape index (κ1) is 48.1. The molecule has 8 aromatic rings. The Kier molecular flexibility index (Phi) is 21.0. The molecule has 0 aliphatic rings. The van der Waals surface area contributed by atoms with E-state index in [0.717, 1.165) is 12.3 Å². The molecular formula is C53H48CuOP4S2. The number of hydrogen-bond donors (Lipinski definition) is 0. The van der Waals surface area contributed by atoms with Crippen molar-refractivity contribution in [2.75, 3.05) is 24.6 Å². The number of rotatable bonds is 14. The molecule has 8 aromatic carbocycles. The summed E-state index contributed by atoms with van der Waals surface area (Å²) in [5.41, 5.74) is 0.590. The Labute approximate surface area is 389 Å². The minimum atomic E-state index is -1.87. The van der Waals surface area contributed by atoms with Gasteiger partial charge in [-0.05, 0) is 65.6 Å². The first-order chi connectivity index (χ1) is 29.5. The molecule has 309 valence electrons. The SMILES string of the molecule is O=C([S-])c1ccccc1.S=P(CCP(c1ccccc1)c1ccccc1)(c1ccccc1)c1ccccc1.[Cu+2].c1ccc([P-]CCP(c2ccccc2)c2ccccc2)cc1. The molecule has 0 atom stereocenters. The van der Waals surface area contributed by atoms with Crippen molar-refractivity contribution in [2.24, 2.45) is 0 Å². The zero-order valence-electron chi connectivity index (χ0n) is 33.7. The van der Waals surface area contributed by atoms with Crippen LogP contribution in [0.15, 0.2) is 243 Å². The maximum atomic E-state index is 10.5. The molecule has 61 heavy (non-hydrogen) atoms. The first-order valence-corrected chi connectivity index (χ1v) is 27.5. The molecule has 0 N–H and O–H groups in total. The van der Waals surface area contributed by atoms with Gasteiger partial charge in [-0.3, -0.25) is 0 Å². The molecule has 0 aliphatic heterocycles. The third kappa shape index (κ3) is 15.2. The third-order valence-corrected chi connectivity index (χ3v) is 21.7. The van der Waals surface area contributed by atoms with Crippen LogP contribution in [-0.2, 0) is 41.5 Å². The minimum Gasteiger partial charge on any atom is -0.737 e. The summed E-state index contributed by atoms with van der Waals surface area (Å²) in [6, 6.07) is 83.1. The molecule has 0 fully saturated rings. The minimum absolute atomic E-state index is 0. The molecule has 0 aliphatic carbocycles. The fourth-order valence-electron chi connectivity index (χ4n) is 6.62. The van der Waals surface area contributed by atoms with Crippen LogP contribution in [0, 0.1) is 0 Å². The summed E-state index contributed by atoms with van der Waals surface area (Å²) in [6.45, 7) is 0. The predicted octanol–water partition coefficient (Wildman–Crippen LogP) is 11.0. The summed E-state index contributed by atoms with van der Waals surface area (Å²) in [7, 11) is 0.740. The van der Waals surface area contributed by atoms with Gasteiger partial charge in [0.2, 0.25) is 0 Å². The Balaban J connectivity index is 0.000000194. The van der Waals surface area contributed by atoms with Crippen LogP contribution in [0.2, 0.25) is 0 Å². The van der Waals surface area contributed by atoms with Gasteiger partial charge in [-0.1, -0.05) is 261 Å². The van der Waals surface area contributed by atoms with Crippen LogP contribution in [0.3, 0.4) is 0 Å². The van der Waals surface area contributed by atoms with E-state index in [0.29, 0.717) is 5.56 Å². The van der Waals surface area contributed by atoms with Gasteiger partial charge >= 0.3 is 17.1 Å². The van der Waals surface area contributed by atoms with Crippen LogP contribution in [0.1, 0.15) is 10.4 Å². The first-order valence-electron chi connectivity index (χ1n) is 20.0. The van der Waals surface area contributed by atoms with Crippen LogP contribution in [0.4, 0.5) is 0 Å². The summed E-state index contributed by atoms with van der Waals surface area (Å²) in [5.74, 6) is 0. The molecule has 8 heteroatoms. The van der Waals surface area contributed by atoms with Crippen LogP contribution < -0.4 is 37.1 Å². The van der Waals surface area contributed by atoms with Crippen molar-refractivity contribution in [3.8, 4) is 0 Å². The fraction of sp³-hybridized carbons (Fsp3) is 0.0755. The van der Waals surface area contributed by atoms with Gasteiger partial charge in [0.15, 0.2) is 0 Å². The van der Waals surface area contributed by atoms with E-state index in [9.17, 15) is 4.79 Å². The summed E-state index contributed by atoms with van der Waals surface area (Å²) < 4.78 is 0. The molecule has 0 amide bonds. The van der Waals surface area contributed by atoms with E-state index in [2.05, 4.69) is 225 Å². The van der Waals surface area contributed by atoms with Gasteiger partial charge in [-0.15, -0.1) is 0 Å². The fourth-order valence-corrected chi connectivity index (χ4v) is 17.9. The van der Waals surface area contributed by atoms with Crippen LogP contribution >= 0.6 is 30.5 Å². The molecule has 1 radical (unpaired) electrons. The Bertz CT molecular complexity index is 2330. The van der Waals surface area contributed by atoms with Gasteiger partial charge in [0.25, 0.3) is 0 Å². The molecule has 8 rings (SSSR count). The van der Waals surface area contributed by atoms with Gasteiger partial charge < -0.3 is 26.0 Å². The topological polar surface area (TPSA) is 17.1 Å². The normalized spacial score (nSPS) is 10.9. The number of benzene rings is 8. The third-order valence-electron chi connectivity index (χ3n) is 9.64. The number of carbonyl (C=O) groups is 1. The van der Waals surface area contributed by atoms with Gasteiger partial charge in [0.05, 0.1) is 0 Å². The van der Waals surface area contributed by atoms with Crippen molar-refractivity contribution in [2.45, 2.75) is 0 Å². The molecule has 0 aromatic heterocycles. The molecule has 0 bridgehead atoms. The molecule has 1 nitrogen and oxygen atoms in total. The van der Waals surface area contributed by atoms with Crippen LogP contribution in [-0.4, -0.2) is 29.8 Å². The number of carbonyl (C=O) groups excluding carboxylic acids is 1. The molecule has 0 saturated heterocycles. The van der Waals surface area contributed by atoms with Crippen LogP contribution in [0.5, 0.6) is 0 Å². The average Bonchev–Trinajstić information content (AvgIpc) is 3.33. The smallest absolute Gasteiger partial charge is 0.737 e. The van der Waals surface area contributed by atoms with Crippen molar-refractivity contribution >= 4 is 97.1 Å². The number of hydrogen-bond acceptors (Lipinski definition) is 3. The summed E-state index contributed by atoms with van der Waals surface area (Å²) >= 11 is 10.9. The van der Waals surface area contributed by atoms with E-state index in [1.165, 1.54) is 58.0 Å². The van der Waals surface area contributed by atoms with Gasteiger partial charge in [0.1, 0.15) is 0 Å². The van der Waals surface area contributed by atoms with E-state index in [1.807, 2.05) is 6.07 Å². The molecule has 0 saturated carbocycles. The van der Waals surface area contributed by atoms with E-state index in [1.54, 1.807) is 24.3 Å². The second-order valence-electron chi connectivity index (χ2n) is 13.7. The Morgan fingerprint density at radius 3 is 1.07 bits per heavy atom. The second kappa shape index (κ2) is 26.6. The average molecular weight is 953 g/mol. The monoisotopic (exact) mass is 951 g/mol. The summed E-state index contributed by atoms with van der Waals surface area (Å²) in [4.78, 5) is 10.5. The summed E-state index contributed by atoms with van der Waals surface area (Å²) in [5, 5.41) is 9.57. The molecule has 0 heterocycles. The van der Waals surface area contributed by atoms with Gasteiger partial charge in [0, 0.05) is 11.2 Å². The quantitative estimate of drug-likeness (QED) is 0.0614. The molecule has 0 unspecified atom stereocenters. The second-order valence-corrected chi connectivity index (χ2v) is 24.8. The van der Waals surface area contributed by atoms with E-state index in [4.69, 9.17) is 11.8 Å². The van der Waals surface area contributed by atoms with Crippen molar-refractivity contribution in [1.82, 2.24) is 0 Å². The zero-order valence-corrected chi connectivity index (χ0v) is 39.9. The van der Waals surface area contributed by atoms with E-state index < -0.39 is 14.0 Å². The van der Waals surface area contributed by atoms with Crippen molar-refractivity contribution in [1.29, 1.82) is 0 Å². The van der Waals surface area contributed by atoms with Crippen molar-refractivity contribution in [3.05, 3.63) is 248 Å². The molecule has 0 spiro atoms. The van der Waals surface area contributed by atoms with Gasteiger partial charge in [-0.2, -0.15) is 6.16 Å². The maximum Gasteiger partial charge on any atom is 2.00 e. The maximum absolute atomic E-state index is 10.5. The van der Waals surface area contributed by atoms with Crippen molar-refractivity contribution < 1.29 is 21.9 Å². The van der Waals surface area contributed by atoms with Gasteiger partial charge in [-0.25, -0.2) is 5.30 Å². The predicted molar refractivity (Wildman–Crippen MR) is 275 cm³/mol. The zero-order chi connectivity index (χ0) is 41.7. The molecular weight excluding hydrogens is 904 g/mol. The van der Waals surface area contributed by atoms with E-state index in [-0.39, 0.29) is 30.1 Å². The van der Waals surface area contributed by atoms with Crippen LogP contribution in [0.25, 0.3) is 0 Å². The largest absolute Gasteiger partial charge is 2.00 e. The Hall–Kier alpha value is -3.89. The van der Waals surface area contributed by atoms with E-state index >= 15 is 0 Å². The van der Waals surface area contributed by atoms with Crippen molar-refractivity contribution in [3.63, 3.8) is 0 Å². The Morgan fingerprint density at radius 1 is 0.443 bits per heavy atom. The standard InChI is InChI=1S/C26H24P2S.C20H19P2.C7H6OS.Cu/c29-28(25-17-9-3-10-18-25,26-19-11-4-12-20-26)22-21-27(23-13-5-1-6-14-23)24-15-7-2-8-16-24;1-4-10-18(11-5-1)21-16-17-22(19-12-6-2-7-13-19)20-14-8-3-9-15-20;8-7(9)6-4-2-1-3-5-6;/h1-20H,21-22H2;1-15H,16-17H2;1-5H,(H,8,9);/q;-1;;+2/p-1.